The number of aryl methyl sites for hydroxylation is 1. The zero-order chi connectivity index (χ0) is 14.7. The molecule has 1 aliphatic rings. The van der Waals surface area contributed by atoms with E-state index in [1.807, 2.05) is 29.9 Å². The number of nitrogens with one attached hydrogen (secondary N) is 1. The van der Waals surface area contributed by atoms with Crippen molar-refractivity contribution in [1.29, 1.82) is 5.26 Å². The van der Waals surface area contributed by atoms with Gasteiger partial charge >= 0.3 is 0 Å². The molecule has 1 saturated heterocycles. The first-order valence-corrected chi connectivity index (χ1v) is 7.06. The van der Waals surface area contributed by atoms with Gasteiger partial charge in [-0.15, -0.1) is 0 Å². The first kappa shape index (κ1) is 13.9. The van der Waals surface area contributed by atoms with E-state index in [2.05, 4.69) is 10.3 Å². The quantitative estimate of drug-likeness (QED) is 0.906. The standard InChI is InChI=1S/C15H18N4O2/c1-19-6-5-18-15(19)14-11(4-7-20-14)9-17-10-13-3-2-12(8-16)21-13/h2-3,5-6,11,14,17H,4,7,9-10H2,1H3/t11-,14+/m0/s1. The van der Waals surface area contributed by atoms with Crippen molar-refractivity contribution in [3.63, 3.8) is 0 Å². The van der Waals surface area contributed by atoms with Crippen LogP contribution in [-0.4, -0.2) is 22.7 Å². The number of rotatable bonds is 5. The van der Waals surface area contributed by atoms with Gasteiger partial charge in [0.05, 0.1) is 6.54 Å². The summed E-state index contributed by atoms with van der Waals surface area (Å²) in [7, 11) is 1.99. The van der Waals surface area contributed by atoms with E-state index < -0.39 is 0 Å². The Morgan fingerprint density at radius 3 is 3.14 bits per heavy atom. The van der Waals surface area contributed by atoms with E-state index in [-0.39, 0.29) is 6.10 Å². The Hall–Kier alpha value is -2.10. The van der Waals surface area contributed by atoms with Crippen LogP contribution in [-0.2, 0) is 18.3 Å². The number of aromatic nitrogens is 2. The molecule has 2 atom stereocenters. The van der Waals surface area contributed by atoms with Crippen LogP contribution >= 0.6 is 0 Å². The lowest BCUT2D eigenvalue weighted by Crippen LogP contribution is -2.25. The van der Waals surface area contributed by atoms with E-state index in [1.54, 1.807) is 12.3 Å². The number of hydrogen-bond acceptors (Lipinski definition) is 5. The van der Waals surface area contributed by atoms with Gasteiger partial charge in [-0.25, -0.2) is 4.98 Å². The molecule has 0 saturated carbocycles. The van der Waals surface area contributed by atoms with Crippen molar-refractivity contribution in [1.82, 2.24) is 14.9 Å². The summed E-state index contributed by atoms with van der Waals surface area (Å²) < 4.78 is 13.2. The maximum absolute atomic E-state index is 8.73. The highest BCUT2D eigenvalue weighted by Crippen LogP contribution is 2.32. The average molecular weight is 286 g/mol. The molecular formula is C15H18N4O2. The normalized spacial score (nSPS) is 21.5. The molecule has 3 rings (SSSR count). The van der Waals surface area contributed by atoms with E-state index in [9.17, 15) is 0 Å². The zero-order valence-electron chi connectivity index (χ0n) is 12.0. The SMILES string of the molecule is Cn1ccnc1[C@@H]1OCC[C@H]1CNCc1ccc(C#N)o1. The number of nitriles is 1. The molecule has 0 aliphatic carbocycles. The maximum atomic E-state index is 8.73. The molecule has 0 unspecified atom stereocenters. The number of nitrogens with zero attached hydrogens (tertiary/aromatic N) is 3. The highest BCUT2D eigenvalue weighted by molar-refractivity contribution is 5.18. The molecule has 0 spiro atoms. The molecule has 0 aromatic carbocycles. The second kappa shape index (κ2) is 6.12. The van der Waals surface area contributed by atoms with Crippen molar-refractivity contribution in [3.8, 4) is 6.07 Å². The molecule has 0 radical (unpaired) electrons. The van der Waals surface area contributed by atoms with Gasteiger partial charge in [0.2, 0.25) is 5.76 Å². The largest absolute Gasteiger partial charge is 0.449 e. The molecule has 1 N–H and O–H groups in total. The first-order valence-electron chi connectivity index (χ1n) is 7.06. The fraction of sp³-hybridized carbons (Fsp3) is 0.467. The lowest BCUT2D eigenvalue weighted by atomic mass is 10.0. The van der Waals surface area contributed by atoms with Crippen LogP contribution in [0.5, 0.6) is 0 Å². The van der Waals surface area contributed by atoms with Gasteiger partial charge in [-0.3, -0.25) is 0 Å². The highest BCUT2D eigenvalue weighted by atomic mass is 16.5. The molecule has 21 heavy (non-hydrogen) atoms. The number of furan rings is 1. The van der Waals surface area contributed by atoms with Gasteiger partial charge in [0, 0.05) is 38.5 Å². The summed E-state index contributed by atoms with van der Waals surface area (Å²) in [5, 5.41) is 12.1. The molecule has 0 bridgehead atoms. The van der Waals surface area contributed by atoms with Crippen molar-refractivity contribution in [2.45, 2.75) is 19.1 Å². The summed E-state index contributed by atoms with van der Waals surface area (Å²) in [6.07, 6.45) is 4.80. The van der Waals surface area contributed by atoms with Gasteiger partial charge in [-0.1, -0.05) is 0 Å². The maximum Gasteiger partial charge on any atom is 0.203 e. The van der Waals surface area contributed by atoms with E-state index in [0.717, 1.165) is 31.2 Å². The van der Waals surface area contributed by atoms with Crippen LogP contribution < -0.4 is 5.32 Å². The molecule has 1 aliphatic heterocycles. The van der Waals surface area contributed by atoms with E-state index in [4.69, 9.17) is 14.4 Å². The second-order valence-corrected chi connectivity index (χ2v) is 5.25. The van der Waals surface area contributed by atoms with Gasteiger partial charge in [0.25, 0.3) is 0 Å². The Labute approximate surface area is 123 Å². The molecule has 6 heteroatoms. The summed E-state index contributed by atoms with van der Waals surface area (Å²) in [5.74, 6) is 2.50. The van der Waals surface area contributed by atoms with Gasteiger partial charge in [0.15, 0.2) is 0 Å². The lowest BCUT2D eigenvalue weighted by molar-refractivity contribution is 0.0809. The average Bonchev–Trinajstić information content (AvgIpc) is 3.19. The third-order valence-electron chi connectivity index (χ3n) is 3.80. The fourth-order valence-corrected chi connectivity index (χ4v) is 2.69. The van der Waals surface area contributed by atoms with Crippen LogP contribution in [0.3, 0.4) is 0 Å². The van der Waals surface area contributed by atoms with Gasteiger partial charge < -0.3 is 19.0 Å². The Bertz CT molecular complexity index is 640. The van der Waals surface area contributed by atoms with Crippen molar-refractivity contribution in [2.24, 2.45) is 13.0 Å². The van der Waals surface area contributed by atoms with Crippen LogP contribution in [0.1, 0.15) is 29.9 Å². The molecule has 2 aromatic rings. The second-order valence-electron chi connectivity index (χ2n) is 5.25. The highest BCUT2D eigenvalue weighted by Gasteiger charge is 2.31. The van der Waals surface area contributed by atoms with E-state index in [1.165, 1.54) is 0 Å². The predicted octanol–water partition coefficient (Wildman–Crippen LogP) is 1.75. The Morgan fingerprint density at radius 1 is 1.52 bits per heavy atom. The van der Waals surface area contributed by atoms with Gasteiger partial charge in [-0.05, 0) is 18.6 Å². The summed E-state index contributed by atoms with van der Waals surface area (Å²) >= 11 is 0. The Balaban J connectivity index is 1.55. The summed E-state index contributed by atoms with van der Waals surface area (Å²) in [6.45, 7) is 2.22. The number of imidazole rings is 1. The number of hydrogen-bond donors (Lipinski definition) is 1. The molecule has 3 heterocycles. The minimum absolute atomic E-state index is 0.0452. The van der Waals surface area contributed by atoms with Crippen molar-refractivity contribution in [3.05, 3.63) is 41.9 Å². The van der Waals surface area contributed by atoms with E-state index >= 15 is 0 Å². The summed E-state index contributed by atoms with van der Waals surface area (Å²) in [6, 6.07) is 5.50. The Kier molecular flexibility index (Phi) is 4.04. The van der Waals surface area contributed by atoms with Crippen LogP contribution in [0, 0.1) is 17.2 Å². The number of ether oxygens (including phenoxy) is 1. The summed E-state index contributed by atoms with van der Waals surface area (Å²) in [5.41, 5.74) is 0. The molecule has 110 valence electrons. The van der Waals surface area contributed by atoms with Crippen molar-refractivity contribution in [2.75, 3.05) is 13.2 Å². The molecular weight excluding hydrogens is 268 g/mol. The smallest absolute Gasteiger partial charge is 0.203 e. The first-order chi connectivity index (χ1) is 10.3. The van der Waals surface area contributed by atoms with Gasteiger partial charge in [0.1, 0.15) is 23.8 Å². The minimum atomic E-state index is 0.0452. The minimum Gasteiger partial charge on any atom is -0.449 e. The molecule has 0 amide bonds. The third-order valence-corrected chi connectivity index (χ3v) is 3.80. The Morgan fingerprint density at radius 2 is 2.43 bits per heavy atom. The topological polar surface area (TPSA) is 76.0 Å². The van der Waals surface area contributed by atoms with Crippen LogP contribution in [0.2, 0.25) is 0 Å². The van der Waals surface area contributed by atoms with Crippen LogP contribution in [0.4, 0.5) is 0 Å². The van der Waals surface area contributed by atoms with Crippen LogP contribution in [0.25, 0.3) is 0 Å². The van der Waals surface area contributed by atoms with E-state index in [0.29, 0.717) is 18.2 Å². The van der Waals surface area contributed by atoms with Crippen LogP contribution in [0.15, 0.2) is 28.9 Å². The molecule has 6 nitrogen and oxygen atoms in total. The van der Waals surface area contributed by atoms with Crippen molar-refractivity contribution >= 4 is 0 Å². The zero-order valence-corrected chi connectivity index (χ0v) is 12.0. The predicted molar refractivity (Wildman–Crippen MR) is 75.1 cm³/mol. The summed E-state index contributed by atoms with van der Waals surface area (Å²) in [4.78, 5) is 4.38. The monoisotopic (exact) mass is 286 g/mol. The molecule has 1 fully saturated rings. The van der Waals surface area contributed by atoms with Gasteiger partial charge in [-0.2, -0.15) is 5.26 Å². The third kappa shape index (κ3) is 2.99. The fourth-order valence-electron chi connectivity index (χ4n) is 2.69. The molecule has 2 aromatic heterocycles. The van der Waals surface area contributed by atoms with Crippen molar-refractivity contribution < 1.29 is 9.15 Å². The lowest BCUT2D eigenvalue weighted by Gasteiger charge is -2.18.